The summed E-state index contributed by atoms with van der Waals surface area (Å²) in [5, 5.41) is 5.25. The third kappa shape index (κ3) is 3.12. The summed E-state index contributed by atoms with van der Waals surface area (Å²) in [4.78, 5) is 32.2. The number of rotatable bonds is 3. The van der Waals surface area contributed by atoms with Crippen LogP contribution in [0.4, 0.5) is 5.13 Å². The van der Waals surface area contributed by atoms with Gasteiger partial charge in [0.25, 0.3) is 5.91 Å². The molecule has 2 amide bonds. The van der Waals surface area contributed by atoms with E-state index in [1.165, 1.54) is 22.7 Å². The normalized spacial score (nSPS) is 18.0. The summed E-state index contributed by atoms with van der Waals surface area (Å²) >= 11 is 4.42. The Morgan fingerprint density at radius 3 is 3.00 bits per heavy atom. The second kappa shape index (κ2) is 6.17. The first-order chi connectivity index (χ1) is 10.1. The molecule has 21 heavy (non-hydrogen) atoms. The SMILES string of the molecule is Cc1cnc(NC(=O)C2CSCN2C(=O)c2cccs2)s1. The molecular formula is C13H13N3O2S3. The van der Waals surface area contributed by atoms with E-state index < -0.39 is 6.04 Å². The molecule has 0 saturated carbocycles. The first-order valence-electron chi connectivity index (χ1n) is 6.30. The topological polar surface area (TPSA) is 62.3 Å². The second-order valence-corrected chi connectivity index (χ2v) is 7.72. The van der Waals surface area contributed by atoms with Crippen molar-refractivity contribution in [3.05, 3.63) is 33.5 Å². The summed E-state index contributed by atoms with van der Waals surface area (Å²) in [6, 6.07) is 3.19. The number of thiazole rings is 1. The first kappa shape index (κ1) is 14.6. The molecule has 0 aromatic carbocycles. The number of thioether (sulfide) groups is 1. The molecular weight excluding hydrogens is 326 g/mol. The highest BCUT2D eigenvalue weighted by Crippen LogP contribution is 2.26. The van der Waals surface area contributed by atoms with E-state index in [2.05, 4.69) is 10.3 Å². The molecule has 1 aliphatic heterocycles. The van der Waals surface area contributed by atoms with Gasteiger partial charge in [-0.25, -0.2) is 4.98 Å². The van der Waals surface area contributed by atoms with Crippen molar-refractivity contribution in [3.63, 3.8) is 0 Å². The van der Waals surface area contributed by atoms with Crippen molar-refractivity contribution in [2.75, 3.05) is 16.9 Å². The number of anilines is 1. The van der Waals surface area contributed by atoms with Crippen LogP contribution in [0.2, 0.25) is 0 Å². The van der Waals surface area contributed by atoms with Crippen LogP contribution in [0.3, 0.4) is 0 Å². The quantitative estimate of drug-likeness (QED) is 0.934. The molecule has 2 aromatic heterocycles. The lowest BCUT2D eigenvalue weighted by Gasteiger charge is -2.21. The van der Waals surface area contributed by atoms with E-state index in [9.17, 15) is 9.59 Å². The van der Waals surface area contributed by atoms with Crippen molar-refractivity contribution < 1.29 is 9.59 Å². The van der Waals surface area contributed by atoms with Gasteiger partial charge >= 0.3 is 0 Å². The third-order valence-corrected chi connectivity index (χ3v) is 5.73. The van der Waals surface area contributed by atoms with Crippen molar-refractivity contribution in [2.24, 2.45) is 0 Å². The summed E-state index contributed by atoms with van der Waals surface area (Å²) in [5.74, 6) is 0.920. The molecule has 1 unspecified atom stereocenters. The maximum Gasteiger partial charge on any atom is 0.265 e. The third-order valence-electron chi connectivity index (χ3n) is 3.03. The smallest absolute Gasteiger partial charge is 0.265 e. The fraction of sp³-hybridized carbons (Fsp3) is 0.308. The lowest BCUT2D eigenvalue weighted by Crippen LogP contribution is -2.44. The zero-order chi connectivity index (χ0) is 14.8. The summed E-state index contributed by atoms with van der Waals surface area (Å²) in [5.41, 5.74) is 0. The van der Waals surface area contributed by atoms with Crippen LogP contribution in [0.1, 0.15) is 14.5 Å². The standard InChI is InChI=1S/C13H13N3O2S3/c1-8-5-14-13(21-8)15-11(17)9-6-19-7-16(9)12(18)10-3-2-4-20-10/h2-5,9H,6-7H2,1H3,(H,14,15,17). The maximum atomic E-state index is 12.4. The molecule has 8 heteroatoms. The van der Waals surface area contributed by atoms with Crippen LogP contribution in [-0.2, 0) is 4.79 Å². The molecule has 1 saturated heterocycles. The van der Waals surface area contributed by atoms with Crippen LogP contribution in [0.25, 0.3) is 0 Å². The average molecular weight is 339 g/mol. The fourth-order valence-electron chi connectivity index (χ4n) is 2.00. The molecule has 1 N–H and O–H groups in total. The molecule has 110 valence electrons. The Morgan fingerprint density at radius 2 is 2.33 bits per heavy atom. The number of carbonyl (C=O) groups excluding carboxylic acids is 2. The summed E-state index contributed by atoms with van der Waals surface area (Å²) in [6.07, 6.45) is 1.72. The Labute approximate surface area is 134 Å². The van der Waals surface area contributed by atoms with E-state index in [1.807, 2.05) is 18.4 Å². The highest BCUT2D eigenvalue weighted by atomic mass is 32.2. The Balaban J connectivity index is 1.71. The van der Waals surface area contributed by atoms with Crippen LogP contribution in [0.15, 0.2) is 23.7 Å². The van der Waals surface area contributed by atoms with E-state index >= 15 is 0 Å². The van der Waals surface area contributed by atoms with Gasteiger partial charge in [-0.2, -0.15) is 0 Å². The number of aryl methyl sites for hydroxylation is 1. The van der Waals surface area contributed by atoms with Crippen LogP contribution in [0.5, 0.6) is 0 Å². The molecule has 1 fully saturated rings. The van der Waals surface area contributed by atoms with Gasteiger partial charge in [-0.1, -0.05) is 6.07 Å². The minimum absolute atomic E-state index is 0.0783. The van der Waals surface area contributed by atoms with Crippen molar-refractivity contribution in [3.8, 4) is 0 Å². The molecule has 1 aliphatic rings. The summed E-state index contributed by atoms with van der Waals surface area (Å²) in [7, 11) is 0. The molecule has 3 rings (SSSR count). The van der Waals surface area contributed by atoms with Gasteiger partial charge in [0.1, 0.15) is 6.04 Å². The molecule has 1 atom stereocenters. The molecule has 5 nitrogen and oxygen atoms in total. The highest BCUT2D eigenvalue weighted by Gasteiger charge is 2.35. The number of hydrogen-bond donors (Lipinski definition) is 1. The highest BCUT2D eigenvalue weighted by molar-refractivity contribution is 7.99. The lowest BCUT2D eigenvalue weighted by atomic mass is 10.2. The molecule has 0 bridgehead atoms. The summed E-state index contributed by atoms with van der Waals surface area (Å²) < 4.78 is 0. The van der Waals surface area contributed by atoms with E-state index in [-0.39, 0.29) is 11.8 Å². The fourth-order valence-corrected chi connectivity index (χ4v) is 4.50. The Morgan fingerprint density at radius 1 is 1.48 bits per heavy atom. The van der Waals surface area contributed by atoms with Crippen molar-refractivity contribution >= 4 is 51.4 Å². The minimum atomic E-state index is -0.436. The molecule has 0 radical (unpaired) electrons. The van der Waals surface area contributed by atoms with Gasteiger partial charge < -0.3 is 10.2 Å². The van der Waals surface area contributed by atoms with E-state index in [0.717, 1.165) is 4.88 Å². The monoisotopic (exact) mass is 339 g/mol. The van der Waals surface area contributed by atoms with Crippen LogP contribution in [0, 0.1) is 6.92 Å². The largest absolute Gasteiger partial charge is 0.316 e. The van der Waals surface area contributed by atoms with Gasteiger partial charge in [-0.3, -0.25) is 9.59 Å². The number of nitrogens with one attached hydrogen (secondary N) is 1. The van der Waals surface area contributed by atoms with Crippen molar-refractivity contribution in [1.29, 1.82) is 0 Å². The second-order valence-electron chi connectivity index (χ2n) is 4.53. The van der Waals surface area contributed by atoms with Gasteiger partial charge in [0.15, 0.2) is 5.13 Å². The number of hydrogen-bond acceptors (Lipinski definition) is 6. The van der Waals surface area contributed by atoms with Crippen molar-refractivity contribution in [1.82, 2.24) is 9.88 Å². The van der Waals surface area contributed by atoms with E-state index in [1.54, 1.807) is 28.9 Å². The van der Waals surface area contributed by atoms with Gasteiger partial charge in [0.05, 0.1) is 10.8 Å². The molecule has 0 spiro atoms. The average Bonchev–Trinajstić information content (AvgIpc) is 3.19. The van der Waals surface area contributed by atoms with Crippen LogP contribution >= 0.6 is 34.4 Å². The summed E-state index contributed by atoms with van der Waals surface area (Å²) in [6.45, 7) is 1.94. The van der Waals surface area contributed by atoms with Gasteiger partial charge in [0.2, 0.25) is 5.91 Å². The molecule has 2 aromatic rings. The van der Waals surface area contributed by atoms with E-state index in [4.69, 9.17) is 0 Å². The van der Waals surface area contributed by atoms with Crippen molar-refractivity contribution in [2.45, 2.75) is 13.0 Å². The zero-order valence-corrected chi connectivity index (χ0v) is 13.7. The number of thiophene rings is 1. The first-order valence-corrected chi connectivity index (χ1v) is 9.16. The van der Waals surface area contributed by atoms with Crippen LogP contribution < -0.4 is 5.32 Å². The Hall–Kier alpha value is -1.38. The Bertz CT molecular complexity index is 653. The molecule has 3 heterocycles. The van der Waals surface area contributed by atoms with Gasteiger partial charge in [-0.15, -0.1) is 34.4 Å². The zero-order valence-electron chi connectivity index (χ0n) is 11.2. The van der Waals surface area contributed by atoms with Gasteiger partial charge in [0, 0.05) is 16.8 Å². The lowest BCUT2D eigenvalue weighted by molar-refractivity contribution is -0.119. The predicted octanol–water partition coefficient (Wildman–Crippen LogP) is 2.67. The van der Waals surface area contributed by atoms with E-state index in [0.29, 0.717) is 21.6 Å². The molecule has 0 aliphatic carbocycles. The number of nitrogens with zero attached hydrogens (tertiary/aromatic N) is 2. The number of carbonyl (C=O) groups is 2. The number of aromatic nitrogens is 1. The maximum absolute atomic E-state index is 12.4. The number of amides is 2. The Kier molecular flexibility index (Phi) is 4.27. The minimum Gasteiger partial charge on any atom is -0.316 e. The van der Waals surface area contributed by atoms with Gasteiger partial charge in [-0.05, 0) is 18.4 Å². The van der Waals surface area contributed by atoms with Crippen LogP contribution in [-0.4, -0.2) is 39.4 Å². The predicted molar refractivity (Wildman–Crippen MR) is 87.1 cm³/mol.